The number of hydrogen-bond donors (Lipinski definition) is 1. The number of nitrogens with zero attached hydrogens (tertiary/aromatic N) is 3. The quantitative estimate of drug-likeness (QED) is 0.902. The minimum absolute atomic E-state index is 0.000483. The van der Waals surface area contributed by atoms with Gasteiger partial charge in [-0.3, -0.25) is 9.48 Å². The number of anilines is 1. The number of carbonyl (C=O) groups is 1. The largest absolute Gasteiger partial charge is 0.377 e. The Balaban J connectivity index is 2.00. The third-order valence-electron chi connectivity index (χ3n) is 3.85. The maximum Gasteiger partial charge on any atom is 0.231 e. The maximum atomic E-state index is 12.4. The van der Waals surface area contributed by atoms with Gasteiger partial charge in [-0.1, -0.05) is 6.92 Å². The average molecular weight is 290 g/mol. The molecular weight excluding hydrogens is 268 g/mol. The second kappa shape index (κ2) is 7.23. The van der Waals surface area contributed by atoms with Crippen molar-refractivity contribution in [3.63, 3.8) is 0 Å². The normalized spacial score (nSPS) is 21.8. The monoisotopic (exact) mass is 290 g/mol. The van der Waals surface area contributed by atoms with Crippen LogP contribution in [0, 0.1) is 24.2 Å². The van der Waals surface area contributed by atoms with Crippen molar-refractivity contribution >= 4 is 11.7 Å². The standard InChI is InChI=1S/C15H22N4O2/c1-3-13-12(6-4-9-21-13)15(20)17-14-10-11(2)19(18-14)8-5-7-16/h10,12-13H,3-6,8-9H2,1-2H3,(H,17,18,20)/t12-,13-/m1/s1. The Morgan fingerprint density at radius 2 is 2.48 bits per heavy atom. The lowest BCUT2D eigenvalue weighted by molar-refractivity contribution is -0.129. The molecule has 1 N–H and O–H groups in total. The van der Waals surface area contributed by atoms with Crippen LogP contribution in [0.15, 0.2) is 6.07 Å². The summed E-state index contributed by atoms with van der Waals surface area (Å²) in [5, 5.41) is 15.8. The second-order valence-electron chi connectivity index (χ2n) is 5.36. The number of aromatic nitrogens is 2. The lowest BCUT2D eigenvalue weighted by Gasteiger charge is -2.29. The van der Waals surface area contributed by atoms with E-state index < -0.39 is 0 Å². The summed E-state index contributed by atoms with van der Waals surface area (Å²) in [7, 11) is 0. The third-order valence-corrected chi connectivity index (χ3v) is 3.85. The average Bonchev–Trinajstić information content (AvgIpc) is 2.84. The van der Waals surface area contributed by atoms with Crippen molar-refractivity contribution in [1.29, 1.82) is 5.26 Å². The highest BCUT2D eigenvalue weighted by Gasteiger charge is 2.31. The van der Waals surface area contributed by atoms with E-state index in [9.17, 15) is 4.79 Å². The van der Waals surface area contributed by atoms with Gasteiger partial charge in [-0.2, -0.15) is 10.4 Å². The van der Waals surface area contributed by atoms with Gasteiger partial charge >= 0.3 is 0 Å². The zero-order chi connectivity index (χ0) is 15.2. The number of carbonyl (C=O) groups excluding carboxylic acids is 1. The minimum atomic E-state index is -0.103. The predicted molar refractivity (Wildman–Crippen MR) is 78.6 cm³/mol. The molecule has 114 valence electrons. The van der Waals surface area contributed by atoms with Crippen LogP contribution in [-0.4, -0.2) is 28.4 Å². The first kappa shape index (κ1) is 15.5. The molecule has 0 unspecified atom stereocenters. The van der Waals surface area contributed by atoms with Gasteiger partial charge in [-0.15, -0.1) is 0 Å². The fraction of sp³-hybridized carbons (Fsp3) is 0.667. The molecule has 0 aromatic carbocycles. The fourth-order valence-electron chi connectivity index (χ4n) is 2.71. The van der Waals surface area contributed by atoms with Crippen molar-refractivity contribution in [3.8, 4) is 6.07 Å². The summed E-state index contributed by atoms with van der Waals surface area (Å²) >= 11 is 0. The van der Waals surface area contributed by atoms with Crippen LogP contribution in [0.25, 0.3) is 0 Å². The summed E-state index contributed by atoms with van der Waals surface area (Å²) < 4.78 is 7.40. The summed E-state index contributed by atoms with van der Waals surface area (Å²) in [5.41, 5.74) is 0.937. The van der Waals surface area contributed by atoms with Crippen LogP contribution in [0.5, 0.6) is 0 Å². The molecule has 1 aromatic heterocycles. The van der Waals surface area contributed by atoms with E-state index in [2.05, 4.69) is 16.5 Å². The lowest BCUT2D eigenvalue weighted by Crippen LogP contribution is -2.37. The smallest absolute Gasteiger partial charge is 0.231 e. The first-order valence-corrected chi connectivity index (χ1v) is 7.49. The highest BCUT2D eigenvalue weighted by atomic mass is 16.5. The number of ether oxygens (including phenoxy) is 1. The van der Waals surface area contributed by atoms with E-state index >= 15 is 0 Å². The van der Waals surface area contributed by atoms with Crippen LogP contribution in [0.1, 0.15) is 38.3 Å². The number of amides is 1. The van der Waals surface area contributed by atoms with Gasteiger partial charge in [0.25, 0.3) is 0 Å². The van der Waals surface area contributed by atoms with E-state index in [0.29, 0.717) is 18.8 Å². The first-order chi connectivity index (χ1) is 10.2. The molecule has 2 heterocycles. The molecule has 0 radical (unpaired) electrons. The lowest BCUT2D eigenvalue weighted by atomic mass is 9.92. The molecule has 1 fully saturated rings. The number of hydrogen-bond acceptors (Lipinski definition) is 4. The number of rotatable bonds is 5. The molecule has 1 amide bonds. The van der Waals surface area contributed by atoms with E-state index in [1.807, 2.05) is 19.9 Å². The molecule has 2 rings (SSSR count). The Bertz CT molecular complexity index is 532. The topological polar surface area (TPSA) is 79.9 Å². The SMILES string of the molecule is CC[C@H]1OCCC[C@H]1C(=O)Nc1cc(C)n(CCC#N)n1. The van der Waals surface area contributed by atoms with Gasteiger partial charge < -0.3 is 10.1 Å². The molecular formula is C15H22N4O2. The molecule has 2 atom stereocenters. The molecule has 21 heavy (non-hydrogen) atoms. The summed E-state index contributed by atoms with van der Waals surface area (Å²) in [4.78, 5) is 12.4. The molecule has 6 heteroatoms. The van der Waals surface area contributed by atoms with Crippen LogP contribution in [0.3, 0.4) is 0 Å². The van der Waals surface area contributed by atoms with Crippen molar-refractivity contribution in [2.75, 3.05) is 11.9 Å². The molecule has 1 saturated heterocycles. The highest BCUT2D eigenvalue weighted by molar-refractivity contribution is 5.92. The summed E-state index contributed by atoms with van der Waals surface area (Å²) in [6.07, 6.45) is 3.03. The van der Waals surface area contributed by atoms with Gasteiger partial charge in [-0.25, -0.2) is 0 Å². The predicted octanol–water partition coefficient (Wildman–Crippen LogP) is 2.25. The molecule has 0 spiro atoms. The Labute approximate surface area is 125 Å². The van der Waals surface area contributed by atoms with Gasteiger partial charge in [0.15, 0.2) is 5.82 Å². The van der Waals surface area contributed by atoms with E-state index in [4.69, 9.17) is 10.00 Å². The van der Waals surface area contributed by atoms with E-state index in [1.165, 1.54) is 0 Å². The zero-order valence-electron chi connectivity index (χ0n) is 12.6. The van der Waals surface area contributed by atoms with Crippen molar-refractivity contribution in [1.82, 2.24) is 9.78 Å². The van der Waals surface area contributed by atoms with Crippen molar-refractivity contribution in [3.05, 3.63) is 11.8 Å². The molecule has 6 nitrogen and oxygen atoms in total. The molecule has 0 bridgehead atoms. The van der Waals surface area contributed by atoms with Crippen molar-refractivity contribution in [2.45, 2.75) is 52.2 Å². The Hall–Kier alpha value is -1.87. The summed E-state index contributed by atoms with van der Waals surface area (Å²) in [6.45, 7) is 5.24. The van der Waals surface area contributed by atoms with Crippen LogP contribution >= 0.6 is 0 Å². The van der Waals surface area contributed by atoms with Crippen LogP contribution in [0.4, 0.5) is 5.82 Å². The summed E-state index contributed by atoms with van der Waals surface area (Å²) in [6, 6.07) is 3.93. The van der Waals surface area contributed by atoms with E-state index in [-0.39, 0.29) is 17.9 Å². The van der Waals surface area contributed by atoms with Crippen LogP contribution < -0.4 is 5.32 Å². The summed E-state index contributed by atoms with van der Waals surface area (Å²) in [5.74, 6) is 0.427. The van der Waals surface area contributed by atoms with Gasteiger partial charge in [0.2, 0.25) is 5.91 Å². The first-order valence-electron chi connectivity index (χ1n) is 7.49. The van der Waals surface area contributed by atoms with Gasteiger partial charge in [-0.05, 0) is 26.2 Å². The van der Waals surface area contributed by atoms with Crippen LogP contribution in [-0.2, 0) is 16.1 Å². The van der Waals surface area contributed by atoms with E-state index in [1.54, 1.807) is 4.68 Å². The van der Waals surface area contributed by atoms with Crippen molar-refractivity contribution in [2.24, 2.45) is 5.92 Å². The second-order valence-corrected chi connectivity index (χ2v) is 5.36. The third kappa shape index (κ3) is 3.82. The number of nitriles is 1. The molecule has 1 aliphatic heterocycles. The van der Waals surface area contributed by atoms with Gasteiger partial charge in [0.1, 0.15) is 0 Å². The minimum Gasteiger partial charge on any atom is -0.377 e. The molecule has 1 aromatic rings. The molecule has 1 aliphatic rings. The zero-order valence-corrected chi connectivity index (χ0v) is 12.6. The Kier molecular flexibility index (Phi) is 5.34. The fourth-order valence-corrected chi connectivity index (χ4v) is 2.71. The Morgan fingerprint density at radius 1 is 1.67 bits per heavy atom. The van der Waals surface area contributed by atoms with Crippen molar-refractivity contribution < 1.29 is 9.53 Å². The number of aryl methyl sites for hydroxylation is 2. The number of nitrogens with one attached hydrogen (secondary N) is 1. The Morgan fingerprint density at radius 3 is 3.19 bits per heavy atom. The maximum absolute atomic E-state index is 12.4. The van der Waals surface area contributed by atoms with E-state index in [0.717, 1.165) is 31.6 Å². The van der Waals surface area contributed by atoms with Crippen LogP contribution in [0.2, 0.25) is 0 Å². The van der Waals surface area contributed by atoms with Gasteiger partial charge in [0.05, 0.1) is 31.1 Å². The molecule has 0 aliphatic carbocycles. The molecule has 0 saturated carbocycles. The van der Waals surface area contributed by atoms with Gasteiger partial charge in [0, 0.05) is 18.4 Å². The highest BCUT2D eigenvalue weighted by Crippen LogP contribution is 2.24.